The average Bonchev–Trinajstić information content (AvgIpc) is 3.24. The minimum atomic E-state index is 0.0460. The number of hydrogen-bond acceptors (Lipinski definition) is 3. The molecule has 3 aliphatic rings. The molecule has 2 saturated carbocycles. The molecule has 3 nitrogen and oxygen atoms in total. The number of allylic oxidation sites excluding steroid dienone is 2. The molecule has 1 heterocycles. The molecule has 4 atom stereocenters. The van der Waals surface area contributed by atoms with E-state index in [1.165, 1.54) is 25.7 Å². The van der Waals surface area contributed by atoms with Crippen molar-refractivity contribution in [2.45, 2.75) is 71.3 Å². The van der Waals surface area contributed by atoms with Gasteiger partial charge in [0.15, 0.2) is 0 Å². The predicted molar refractivity (Wildman–Crippen MR) is 90.1 cm³/mol. The van der Waals surface area contributed by atoms with Crippen LogP contribution in [0, 0.1) is 22.7 Å². The monoisotopic (exact) mass is 318 g/mol. The summed E-state index contributed by atoms with van der Waals surface area (Å²) in [6.45, 7) is 8.19. The van der Waals surface area contributed by atoms with Gasteiger partial charge in [0.1, 0.15) is 12.6 Å². The van der Waals surface area contributed by atoms with Gasteiger partial charge in [0.2, 0.25) is 0 Å². The van der Waals surface area contributed by atoms with Crippen LogP contribution >= 0.6 is 0 Å². The zero-order valence-electron chi connectivity index (χ0n) is 14.8. The van der Waals surface area contributed by atoms with Crippen LogP contribution in [0.2, 0.25) is 0 Å². The van der Waals surface area contributed by atoms with Gasteiger partial charge in [-0.05, 0) is 60.3 Å². The van der Waals surface area contributed by atoms with Gasteiger partial charge in [0.05, 0.1) is 12.2 Å². The third-order valence-corrected chi connectivity index (χ3v) is 7.16. The van der Waals surface area contributed by atoms with Crippen molar-refractivity contribution in [2.75, 3.05) is 6.61 Å². The molecule has 23 heavy (non-hydrogen) atoms. The van der Waals surface area contributed by atoms with Crippen molar-refractivity contribution in [3.63, 3.8) is 0 Å². The minimum Gasteiger partial charge on any atom is -0.369 e. The van der Waals surface area contributed by atoms with Crippen LogP contribution < -0.4 is 0 Å². The molecule has 0 aromatic heterocycles. The molecular weight excluding hydrogens is 288 g/mol. The van der Waals surface area contributed by atoms with Gasteiger partial charge in [-0.1, -0.05) is 33.3 Å². The summed E-state index contributed by atoms with van der Waals surface area (Å²) in [5.74, 6) is 1.19. The van der Waals surface area contributed by atoms with E-state index >= 15 is 0 Å². The minimum absolute atomic E-state index is 0.0460. The van der Waals surface area contributed by atoms with Crippen molar-refractivity contribution >= 4 is 12.6 Å². The first-order valence-corrected chi connectivity index (χ1v) is 9.10. The molecule has 3 heteroatoms. The number of epoxide rings is 1. The topological polar surface area (TPSA) is 46.7 Å². The van der Waals surface area contributed by atoms with E-state index < -0.39 is 0 Å². The van der Waals surface area contributed by atoms with Gasteiger partial charge in [0, 0.05) is 6.42 Å². The highest BCUT2D eigenvalue weighted by atomic mass is 16.6. The van der Waals surface area contributed by atoms with E-state index in [0.717, 1.165) is 37.9 Å². The second kappa shape index (κ2) is 5.84. The average molecular weight is 318 g/mol. The summed E-state index contributed by atoms with van der Waals surface area (Å²) < 4.78 is 5.97. The lowest BCUT2D eigenvalue weighted by Gasteiger charge is -2.59. The molecule has 0 radical (unpaired) electrons. The van der Waals surface area contributed by atoms with Crippen LogP contribution in [-0.4, -0.2) is 24.8 Å². The zero-order chi connectivity index (χ0) is 16.7. The molecule has 0 aromatic carbocycles. The Morgan fingerprint density at radius 3 is 2.52 bits per heavy atom. The van der Waals surface area contributed by atoms with Crippen molar-refractivity contribution in [1.82, 2.24) is 0 Å². The van der Waals surface area contributed by atoms with Gasteiger partial charge in [-0.2, -0.15) is 0 Å². The van der Waals surface area contributed by atoms with Gasteiger partial charge >= 0.3 is 0 Å². The van der Waals surface area contributed by atoms with Crippen molar-refractivity contribution in [3.05, 3.63) is 11.6 Å². The zero-order valence-corrected chi connectivity index (χ0v) is 14.8. The van der Waals surface area contributed by atoms with Gasteiger partial charge in [-0.3, -0.25) is 4.79 Å². The molecule has 128 valence electrons. The Balaban J connectivity index is 1.88. The highest BCUT2D eigenvalue weighted by molar-refractivity contribution is 5.78. The molecule has 2 aliphatic carbocycles. The maximum atomic E-state index is 11.2. The fraction of sp³-hybridized carbons (Fsp3) is 0.800. The fourth-order valence-corrected chi connectivity index (χ4v) is 5.93. The Kier molecular flexibility index (Phi) is 4.29. The molecule has 3 fully saturated rings. The number of carbonyl (C=O) groups is 2. The van der Waals surface area contributed by atoms with Crippen molar-refractivity contribution in [1.29, 1.82) is 0 Å². The van der Waals surface area contributed by atoms with Gasteiger partial charge in [-0.15, -0.1) is 0 Å². The summed E-state index contributed by atoms with van der Waals surface area (Å²) in [6.07, 6.45) is 11.0. The molecule has 0 amide bonds. The van der Waals surface area contributed by atoms with Crippen LogP contribution in [0.5, 0.6) is 0 Å². The van der Waals surface area contributed by atoms with Crippen molar-refractivity contribution < 1.29 is 14.3 Å². The lowest BCUT2D eigenvalue weighted by molar-refractivity contribution is -0.109. The molecular formula is C20H30O3. The van der Waals surface area contributed by atoms with Crippen molar-refractivity contribution in [2.24, 2.45) is 22.7 Å². The van der Waals surface area contributed by atoms with Gasteiger partial charge in [0.25, 0.3) is 0 Å². The van der Waals surface area contributed by atoms with Crippen LogP contribution in [0.4, 0.5) is 0 Å². The third-order valence-electron chi connectivity index (χ3n) is 7.16. The number of fused-ring (bicyclic) bond motifs is 1. The maximum Gasteiger partial charge on any atom is 0.146 e. The molecule has 3 rings (SSSR count). The van der Waals surface area contributed by atoms with Crippen LogP contribution in [0.25, 0.3) is 0 Å². The van der Waals surface area contributed by atoms with Crippen LogP contribution in [0.3, 0.4) is 0 Å². The summed E-state index contributed by atoms with van der Waals surface area (Å²) in [4.78, 5) is 21.9. The molecule has 0 bridgehead atoms. The summed E-state index contributed by atoms with van der Waals surface area (Å²) >= 11 is 0. The number of hydrogen-bond donors (Lipinski definition) is 0. The Morgan fingerprint density at radius 2 is 1.91 bits per heavy atom. The number of rotatable bonds is 5. The highest BCUT2D eigenvalue weighted by Gasteiger charge is 2.64. The SMILES string of the molecule is CC1(C)CCC[C@@]2(C)C1CC[C@@]1(CO1)[C@@H]2C/C=C(/C=O)CC=O. The summed E-state index contributed by atoms with van der Waals surface area (Å²) in [5.41, 5.74) is 1.34. The second-order valence-electron chi connectivity index (χ2n) is 8.85. The van der Waals surface area contributed by atoms with Crippen LogP contribution in [-0.2, 0) is 14.3 Å². The Bertz CT molecular complexity index is 515. The molecule has 1 spiro atoms. The number of ether oxygens (including phenoxy) is 1. The lowest BCUT2D eigenvalue weighted by atomic mass is 9.46. The Labute approximate surface area is 139 Å². The smallest absolute Gasteiger partial charge is 0.146 e. The van der Waals surface area contributed by atoms with E-state index in [1.54, 1.807) is 0 Å². The quantitative estimate of drug-likeness (QED) is 0.435. The predicted octanol–water partition coefficient (Wildman–Crippen LogP) is 4.10. The Hall–Kier alpha value is -0.960. The molecule has 1 unspecified atom stereocenters. The molecule has 1 saturated heterocycles. The van der Waals surface area contributed by atoms with Gasteiger partial charge < -0.3 is 9.53 Å². The lowest BCUT2D eigenvalue weighted by Crippen LogP contribution is -2.54. The van der Waals surface area contributed by atoms with E-state index in [-0.39, 0.29) is 17.4 Å². The molecule has 0 N–H and O–H groups in total. The Morgan fingerprint density at radius 1 is 1.17 bits per heavy atom. The highest BCUT2D eigenvalue weighted by Crippen LogP contribution is 2.66. The first kappa shape index (κ1) is 16.9. The summed E-state index contributed by atoms with van der Waals surface area (Å²) in [6, 6.07) is 0. The van der Waals surface area contributed by atoms with E-state index in [1.807, 2.05) is 6.08 Å². The van der Waals surface area contributed by atoms with Gasteiger partial charge in [-0.25, -0.2) is 0 Å². The van der Waals surface area contributed by atoms with Crippen molar-refractivity contribution in [3.8, 4) is 0 Å². The molecule has 1 aliphatic heterocycles. The second-order valence-corrected chi connectivity index (χ2v) is 8.85. The maximum absolute atomic E-state index is 11.2. The number of carbonyl (C=O) groups excluding carboxylic acids is 2. The number of aldehydes is 2. The fourth-order valence-electron chi connectivity index (χ4n) is 5.93. The summed E-state index contributed by atoms with van der Waals surface area (Å²) in [7, 11) is 0. The van der Waals surface area contributed by atoms with E-state index in [9.17, 15) is 9.59 Å². The first-order chi connectivity index (χ1) is 10.9. The van der Waals surface area contributed by atoms with E-state index in [4.69, 9.17) is 4.74 Å². The van der Waals surface area contributed by atoms with E-state index in [2.05, 4.69) is 20.8 Å². The standard InChI is InChI=1S/C20H30O3/c1-18(2)9-4-10-19(3)16(18)7-11-20(14-23-20)17(19)6-5-15(13-22)8-12-21/h5,12-13,16-17H,4,6-11,14H2,1-3H3/b15-5+/t16?,17-,19+,20-/m1/s1. The van der Waals surface area contributed by atoms with E-state index in [0.29, 0.717) is 16.9 Å². The van der Waals surface area contributed by atoms with Crippen LogP contribution in [0.15, 0.2) is 11.6 Å². The molecule has 0 aromatic rings. The first-order valence-electron chi connectivity index (χ1n) is 9.10. The summed E-state index contributed by atoms with van der Waals surface area (Å²) in [5, 5.41) is 0. The normalized spacial score (nSPS) is 42.1. The van der Waals surface area contributed by atoms with Crippen LogP contribution in [0.1, 0.15) is 65.7 Å². The largest absolute Gasteiger partial charge is 0.369 e. The third kappa shape index (κ3) is 2.82.